The third kappa shape index (κ3) is 4.89. The second-order valence-electron chi connectivity index (χ2n) is 6.46. The van der Waals surface area contributed by atoms with Crippen LogP contribution in [0.1, 0.15) is 11.1 Å². The Balaban J connectivity index is 1.63. The van der Waals surface area contributed by atoms with Crippen molar-refractivity contribution < 1.29 is 22.7 Å². The van der Waals surface area contributed by atoms with Gasteiger partial charge in [-0.15, -0.1) is 0 Å². The third-order valence-electron chi connectivity index (χ3n) is 4.49. The van der Waals surface area contributed by atoms with Gasteiger partial charge in [0.2, 0.25) is 10.0 Å². The Morgan fingerprint density at radius 1 is 1.11 bits per heavy atom. The lowest BCUT2D eigenvalue weighted by Crippen LogP contribution is -2.41. The fourth-order valence-corrected chi connectivity index (χ4v) is 4.56. The number of aryl methyl sites for hydroxylation is 1. The highest BCUT2D eigenvalue weighted by molar-refractivity contribution is 7.89. The summed E-state index contributed by atoms with van der Waals surface area (Å²) in [5, 5.41) is 2.73. The van der Waals surface area contributed by atoms with E-state index in [0.717, 1.165) is 5.56 Å². The summed E-state index contributed by atoms with van der Waals surface area (Å²) in [5.74, 6) is 0.328. The lowest BCUT2D eigenvalue weighted by Gasteiger charge is -2.27. The minimum atomic E-state index is -3.63. The quantitative estimate of drug-likeness (QED) is 0.759. The molecule has 0 saturated carbocycles. The van der Waals surface area contributed by atoms with Crippen molar-refractivity contribution in [2.75, 3.05) is 32.9 Å². The zero-order valence-corrected chi connectivity index (χ0v) is 16.6. The van der Waals surface area contributed by atoms with E-state index >= 15 is 0 Å². The molecule has 1 aliphatic heterocycles. The van der Waals surface area contributed by atoms with E-state index in [9.17, 15) is 13.2 Å². The van der Waals surface area contributed by atoms with Gasteiger partial charge in [-0.3, -0.25) is 4.79 Å². The monoisotopic (exact) mass is 404 g/mol. The summed E-state index contributed by atoms with van der Waals surface area (Å²) >= 11 is 0. The van der Waals surface area contributed by atoms with Crippen LogP contribution in [0.5, 0.6) is 5.75 Å². The van der Waals surface area contributed by atoms with E-state index in [0.29, 0.717) is 37.6 Å². The molecule has 28 heavy (non-hydrogen) atoms. The maximum atomic E-state index is 12.9. The average Bonchev–Trinajstić information content (AvgIpc) is 2.72. The van der Waals surface area contributed by atoms with E-state index in [1.165, 1.54) is 4.31 Å². The molecule has 0 unspecified atom stereocenters. The van der Waals surface area contributed by atoms with Gasteiger partial charge in [0, 0.05) is 19.6 Å². The van der Waals surface area contributed by atoms with E-state index < -0.39 is 10.0 Å². The van der Waals surface area contributed by atoms with Crippen LogP contribution in [0.3, 0.4) is 0 Å². The predicted molar refractivity (Wildman–Crippen MR) is 105 cm³/mol. The molecule has 0 atom stereocenters. The highest BCUT2D eigenvalue weighted by Crippen LogP contribution is 2.21. The van der Waals surface area contributed by atoms with E-state index in [2.05, 4.69) is 5.32 Å². The second kappa shape index (κ2) is 9.18. The van der Waals surface area contributed by atoms with E-state index in [4.69, 9.17) is 9.47 Å². The van der Waals surface area contributed by atoms with Crippen molar-refractivity contribution in [1.29, 1.82) is 0 Å². The Morgan fingerprint density at radius 3 is 2.54 bits per heavy atom. The summed E-state index contributed by atoms with van der Waals surface area (Å²) < 4.78 is 38.0. The standard InChI is InChI=1S/C20H24N2O5S/c1-16-6-2-4-8-18(16)27-15-20(23)21-14-17-7-3-5-9-19(17)28(24,25)22-10-12-26-13-11-22/h2-9H,10-15H2,1H3,(H,21,23). The third-order valence-corrected chi connectivity index (χ3v) is 6.49. The molecule has 1 N–H and O–H groups in total. The molecule has 0 bridgehead atoms. The normalized spacial score (nSPS) is 15.2. The number of ether oxygens (including phenoxy) is 2. The molecule has 1 heterocycles. The smallest absolute Gasteiger partial charge is 0.258 e. The fourth-order valence-electron chi connectivity index (χ4n) is 2.93. The summed E-state index contributed by atoms with van der Waals surface area (Å²) in [4.78, 5) is 12.4. The largest absolute Gasteiger partial charge is 0.484 e. The van der Waals surface area contributed by atoms with E-state index in [1.807, 2.05) is 25.1 Å². The van der Waals surface area contributed by atoms with Gasteiger partial charge in [0.1, 0.15) is 5.75 Å². The molecule has 1 fully saturated rings. The summed E-state index contributed by atoms with van der Waals surface area (Å²) in [6, 6.07) is 14.1. The van der Waals surface area contributed by atoms with Gasteiger partial charge in [0.25, 0.3) is 5.91 Å². The Kier molecular flexibility index (Phi) is 6.66. The number of nitrogens with zero attached hydrogens (tertiary/aromatic N) is 1. The van der Waals surface area contributed by atoms with Crippen LogP contribution in [-0.4, -0.2) is 51.5 Å². The fraction of sp³-hybridized carbons (Fsp3) is 0.350. The molecular formula is C20H24N2O5S. The maximum Gasteiger partial charge on any atom is 0.258 e. The SMILES string of the molecule is Cc1ccccc1OCC(=O)NCc1ccccc1S(=O)(=O)N1CCOCC1. The number of rotatable bonds is 7. The number of hydrogen-bond acceptors (Lipinski definition) is 5. The number of carbonyl (C=O) groups is 1. The van der Waals surface area contributed by atoms with Gasteiger partial charge in [-0.1, -0.05) is 36.4 Å². The number of carbonyl (C=O) groups excluding carboxylic acids is 1. The molecule has 2 aromatic carbocycles. The summed E-state index contributed by atoms with van der Waals surface area (Å²) in [7, 11) is -3.63. The molecule has 150 valence electrons. The van der Waals surface area contributed by atoms with Gasteiger partial charge in [-0.25, -0.2) is 8.42 Å². The Bertz CT molecular complexity index is 924. The van der Waals surface area contributed by atoms with Gasteiger partial charge in [-0.2, -0.15) is 4.31 Å². The lowest BCUT2D eigenvalue weighted by molar-refractivity contribution is -0.123. The first-order valence-electron chi connectivity index (χ1n) is 9.09. The van der Waals surface area contributed by atoms with Crippen molar-refractivity contribution in [2.24, 2.45) is 0 Å². The number of benzene rings is 2. The van der Waals surface area contributed by atoms with Crippen molar-refractivity contribution in [3.63, 3.8) is 0 Å². The zero-order chi connectivity index (χ0) is 20.0. The molecule has 7 nitrogen and oxygen atoms in total. The molecule has 0 aromatic heterocycles. The molecule has 2 aromatic rings. The molecule has 0 radical (unpaired) electrons. The topological polar surface area (TPSA) is 84.9 Å². The van der Waals surface area contributed by atoms with Crippen molar-refractivity contribution in [2.45, 2.75) is 18.4 Å². The lowest BCUT2D eigenvalue weighted by atomic mass is 10.2. The Labute approximate surface area is 165 Å². The van der Waals surface area contributed by atoms with Crippen LogP contribution >= 0.6 is 0 Å². The van der Waals surface area contributed by atoms with Gasteiger partial charge in [0.05, 0.1) is 18.1 Å². The van der Waals surface area contributed by atoms with Crippen molar-refractivity contribution >= 4 is 15.9 Å². The van der Waals surface area contributed by atoms with E-state index in [-0.39, 0.29) is 24.0 Å². The first-order chi connectivity index (χ1) is 13.5. The van der Waals surface area contributed by atoms with Crippen LogP contribution in [0.25, 0.3) is 0 Å². The predicted octanol–water partition coefficient (Wildman–Crippen LogP) is 1.71. The Morgan fingerprint density at radius 2 is 1.79 bits per heavy atom. The average molecular weight is 404 g/mol. The van der Waals surface area contributed by atoms with Crippen molar-refractivity contribution in [3.05, 3.63) is 59.7 Å². The number of hydrogen-bond donors (Lipinski definition) is 1. The molecule has 1 aliphatic rings. The summed E-state index contributed by atoms with van der Waals surface area (Å²) in [5.41, 5.74) is 1.48. The molecule has 0 spiro atoms. The first-order valence-corrected chi connectivity index (χ1v) is 10.5. The van der Waals surface area contributed by atoms with E-state index in [1.54, 1.807) is 30.3 Å². The van der Waals surface area contributed by atoms with Gasteiger partial charge < -0.3 is 14.8 Å². The van der Waals surface area contributed by atoms with Gasteiger partial charge >= 0.3 is 0 Å². The first kappa shape index (κ1) is 20.3. The zero-order valence-electron chi connectivity index (χ0n) is 15.8. The minimum Gasteiger partial charge on any atom is -0.484 e. The molecule has 8 heteroatoms. The second-order valence-corrected chi connectivity index (χ2v) is 8.36. The van der Waals surface area contributed by atoms with Crippen LogP contribution < -0.4 is 10.1 Å². The number of sulfonamides is 1. The van der Waals surface area contributed by atoms with Gasteiger partial charge in [-0.05, 0) is 30.2 Å². The molecule has 1 saturated heterocycles. The number of nitrogens with one attached hydrogen (secondary N) is 1. The van der Waals surface area contributed by atoms with Gasteiger partial charge in [0.15, 0.2) is 6.61 Å². The maximum absolute atomic E-state index is 12.9. The minimum absolute atomic E-state index is 0.107. The number of amides is 1. The van der Waals surface area contributed by atoms with Crippen LogP contribution in [0, 0.1) is 6.92 Å². The van der Waals surface area contributed by atoms with Crippen LogP contribution in [0.2, 0.25) is 0 Å². The highest BCUT2D eigenvalue weighted by atomic mass is 32.2. The molecular weight excluding hydrogens is 380 g/mol. The summed E-state index contributed by atoms with van der Waals surface area (Å²) in [6.07, 6.45) is 0. The summed E-state index contributed by atoms with van der Waals surface area (Å²) in [6.45, 7) is 3.29. The van der Waals surface area contributed by atoms with Crippen LogP contribution in [0.4, 0.5) is 0 Å². The van der Waals surface area contributed by atoms with Crippen molar-refractivity contribution in [3.8, 4) is 5.75 Å². The molecule has 1 amide bonds. The number of para-hydroxylation sites is 1. The highest BCUT2D eigenvalue weighted by Gasteiger charge is 2.28. The van der Waals surface area contributed by atoms with Crippen LogP contribution in [0.15, 0.2) is 53.4 Å². The van der Waals surface area contributed by atoms with Crippen LogP contribution in [-0.2, 0) is 26.1 Å². The molecule has 0 aliphatic carbocycles. The number of morpholine rings is 1. The molecule has 3 rings (SSSR count). The Hall–Kier alpha value is -2.42. The van der Waals surface area contributed by atoms with Crippen molar-refractivity contribution in [1.82, 2.24) is 9.62 Å².